The highest BCUT2D eigenvalue weighted by Crippen LogP contribution is 2.31. The van der Waals surface area contributed by atoms with Gasteiger partial charge in [-0.25, -0.2) is 4.79 Å². The minimum absolute atomic E-state index is 0.114. The average molecular weight is 438 g/mol. The summed E-state index contributed by atoms with van der Waals surface area (Å²) in [5.74, 6) is -0.528. The fourth-order valence-corrected chi connectivity index (χ4v) is 3.90. The summed E-state index contributed by atoms with van der Waals surface area (Å²) in [6.07, 6.45) is 2.30. The quantitative estimate of drug-likeness (QED) is 0.697. The number of anilines is 2. The Kier molecular flexibility index (Phi) is 6.70. The van der Waals surface area contributed by atoms with Crippen molar-refractivity contribution < 1.29 is 28.6 Å². The predicted molar refractivity (Wildman–Crippen MR) is 118 cm³/mol. The monoisotopic (exact) mass is 438 g/mol. The first-order valence-electron chi connectivity index (χ1n) is 10.7. The summed E-state index contributed by atoms with van der Waals surface area (Å²) in [7, 11) is 0. The third-order valence-electron chi connectivity index (χ3n) is 5.50. The van der Waals surface area contributed by atoms with Crippen molar-refractivity contribution in [3.63, 3.8) is 0 Å². The Morgan fingerprint density at radius 3 is 2.69 bits per heavy atom. The normalized spacial score (nSPS) is 20.2. The SMILES string of the molecule is CC1CC(=O)Nc2ccccc2N1C(=O)COC(=O)c1ccc(OCC2CCCO2)cc1. The number of nitrogens with zero attached hydrogens (tertiary/aromatic N) is 1. The van der Waals surface area contributed by atoms with Gasteiger partial charge in [-0.3, -0.25) is 9.59 Å². The summed E-state index contributed by atoms with van der Waals surface area (Å²) >= 11 is 0. The molecule has 1 fully saturated rings. The second-order valence-electron chi connectivity index (χ2n) is 7.93. The molecule has 2 unspecified atom stereocenters. The van der Waals surface area contributed by atoms with Gasteiger partial charge in [0.25, 0.3) is 5.91 Å². The van der Waals surface area contributed by atoms with E-state index in [1.54, 1.807) is 55.5 Å². The first kappa shape index (κ1) is 21.8. The molecule has 0 aliphatic carbocycles. The van der Waals surface area contributed by atoms with E-state index in [0.29, 0.717) is 29.3 Å². The van der Waals surface area contributed by atoms with E-state index < -0.39 is 18.5 Å². The maximum atomic E-state index is 12.9. The smallest absolute Gasteiger partial charge is 0.338 e. The number of benzene rings is 2. The lowest BCUT2D eigenvalue weighted by Crippen LogP contribution is -2.41. The first-order chi connectivity index (χ1) is 15.5. The molecule has 2 aromatic carbocycles. The van der Waals surface area contributed by atoms with E-state index in [4.69, 9.17) is 14.2 Å². The lowest BCUT2D eigenvalue weighted by molar-refractivity contribution is -0.122. The van der Waals surface area contributed by atoms with E-state index in [2.05, 4.69) is 5.32 Å². The highest BCUT2D eigenvalue weighted by Gasteiger charge is 2.30. The van der Waals surface area contributed by atoms with Gasteiger partial charge in [-0.1, -0.05) is 12.1 Å². The van der Waals surface area contributed by atoms with Crippen LogP contribution in [0.1, 0.15) is 36.5 Å². The van der Waals surface area contributed by atoms with Gasteiger partial charge >= 0.3 is 5.97 Å². The molecule has 2 atom stereocenters. The van der Waals surface area contributed by atoms with Crippen LogP contribution in [0.25, 0.3) is 0 Å². The Hall–Kier alpha value is -3.39. The Bertz CT molecular complexity index is 984. The third-order valence-corrected chi connectivity index (χ3v) is 5.50. The molecule has 2 aliphatic heterocycles. The molecular weight excluding hydrogens is 412 g/mol. The molecule has 32 heavy (non-hydrogen) atoms. The molecule has 8 nitrogen and oxygen atoms in total. The van der Waals surface area contributed by atoms with E-state index in [-0.39, 0.29) is 24.5 Å². The minimum Gasteiger partial charge on any atom is -0.491 e. The second-order valence-corrected chi connectivity index (χ2v) is 7.93. The van der Waals surface area contributed by atoms with Gasteiger partial charge in [0.2, 0.25) is 5.91 Å². The Labute approximate surface area is 186 Å². The molecule has 168 valence electrons. The third kappa shape index (κ3) is 5.08. The lowest BCUT2D eigenvalue weighted by atomic mass is 10.1. The molecule has 1 saturated heterocycles. The summed E-state index contributed by atoms with van der Waals surface area (Å²) in [5, 5.41) is 2.80. The Balaban J connectivity index is 1.35. The number of amides is 2. The van der Waals surface area contributed by atoms with Crippen LogP contribution in [0.3, 0.4) is 0 Å². The maximum Gasteiger partial charge on any atom is 0.338 e. The molecule has 0 saturated carbocycles. The van der Waals surface area contributed by atoms with E-state index in [1.165, 1.54) is 4.90 Å². The van der Waals surface area contributed by atoms with Crippen molar-refractivity contribution in [1.29, 1.82) is 0 Å². The maximum absolute atomic E-state index is 12.9. The number of nitrogens with one attached hydrogen (secondary N) is 1. The average Bonchev–Trinajstić information content (AvgIpc) is 3.27. The number of carbonyl (C=O) groups excluding carboxylic acids is 3. The zero-order valence-corrected chi connectivity index (χ0v) is 17.9. The van der Waals surface area contributed by atoms with Crippen LogP contribution in [0.4, 0.5) is 11.4 Å². The minimum atomic E-state index is -0.603. The molecular formula is C24H26N2O6. The van der Waals surface area contributed by atoms with E-state index in [9.17, 15) is 14.4 Å². The van der Waals surface area contributed by atoms with Crippen LogP contribution in [-0.2, 0) is 19.1 Å². The summed E-state index contributed by atoms with van der Waals surface area (Å²) in [6, 6.07) is 13.3. The van der Waals surface area contributed by atoms with Crippen LogP contribution in [0, 0.1) is 0 Å². The zero-order chi connectivity index (χ0) is 22.5. The van der Waals surface area contributed by atoms with Crippen molar-refractivity contribution in [3.8, 4) is 5.75 Å². The number of hydrogen-bond acceptors (Lipinski definition) is 6. The van der Waals surface area contributed by atoms with Gasteiger partial charge in [0.15, 0.2) is 6.61 Å². The predicted octanol–water partition coefficient (Wildman–Crippen LogP) is 3.17. The van der Waals surface area contributed by atoms with Crippen LogP contribution >= 0.6 is 0 Å². The van der Waals surface area contributed by atoms with Crippen LogP contribution in [0.2, 0.25) is 0 Å². The van der Waals surface area contributed by atoms with E-state index in [1.807, 2.05) is 0 Å². The van der Waals surface area contributed by atoms with Crippen molar-refractivity contribution in [2.75, 3.05) is 30.0 Å². The summed E-state index contributed by atoms with van der Waals surface area (Å²) in [6.45, 7) is 2.61. The van der Waals surface area contributed by atoms with Crippen molar-refractivity contribution in [1.82, 2.24) is 0 Å². The number of fused-ring (bicyclic) bond motifs is 1. The molecule has 2 amide bonds. The fraction of sp³-hybridized carbons (Fsp3) is 0.375. The van der Waals surface area contributed by atoms with E-state index >= 15 is 0 Å². The molecule has 2 heterocycles. The van der Waals surface area contributed by atoms with Crippen molar-refractivity contribution >= 4 is 29.2 Å². The van der Waals surface area contributed by atoms with Crippen LogP contribution in [0.15, 0.2) is 48.5 Å². The number of rotatable bonds is 6. The molecule has 0 radical (unpaired) electrons. The standard InChI is InChI=1S/C24H26N2O6/c1-16-13-22(27)25-20-6-2-3-7-21(20)26(16)23(28)15-32-24(29)17-8-10-18(11-9-17)31-14-19-5-4-12-30-19/h2-3,6-11,16,19H,4-5,12-15H2,1H3,(H,25,27). The van der Waals surface area contributed by atoms with Gasteiger partial charge in [0.05, 0.1) is 23.0 Å². The van der Waals surface area contributed by atoms with Crippen molar-refractivity contribution in [2.24, 2.45) is 0 Å². The topological polar surface area (TPSA) is 94.2 Å². The number of para-hydroxylation sites is 2. The summed E-state index contributed by atoms with van der Waals surface area (Å²) < 4.78 is 16.5. The number of carbonyl (C=O) groups is 3. The van der Waals surface area contributed by atoms with Gasteiger partial charge in [0, 0.05) is 19.1 Å². The van der Waals surface area contributed by atoms with Gasteiger partial charge in [0.1, 0.15) is 12.4 Å². The van der Waals surface area contributed by atoms with E-state index in [0.717, 1.165) is 19.4 Å². The summed E-state index contributed by atoms with van der Waals surface area (Å²) in [5.41, 5.74) is 1.46. The fourth-order valence-electron chi connectivity index (χ4n) is 3.90. The highest BCUT2D eigenvalue weighted by atomic mass is 16.5. The molecule has 2 aliphatic rings. The van der Waals surface area contributed by atoms with Crippen LogP contribution < -0.4 is 15.0 Å². The van der Waals surface area contributed by atoms with Gasteiger partial charge < -0.3 is 24.4 Å². The van der Waals surface area contributed by atoms with Gasteiger partial charge in [-0.2, -0.15) is 0 Å². The number of ether oxygens (including phenoxy) is 3. The largest absolute Gasteiger partial charge is 0.491 e. The van der Waals surface area contributed by atoms with Gasteiger partial charge in [-0.15, -0.1) is 0 Å². The Morgan fingerprint density at radius 1 is 1.16 bits per heavy atom. The van der Waals surface area contributed by atoms with Gasteiger partial charge in [-0.05, 0) is 56.2 Å². The molecule has 0 aromatic heterocycles. The molecule has 0 bridgehead atoms. The highest BCUT2D eigenvalue weighted by molar-refractivity contribution is 6.05. The molecule has 4 rings (SSSR count). The lowest BCUT2D eigenvalue weighted by Gasteiger charge is -2.27. The van der Waals surface area contributed by atoms with Crippen LogP contribution in [0.5, 0.6) is 5.75 Å². The number of hydrogen-bond donors (Lipinski definition) is 1. The molecule has 2 aromatic rings. The zero-order valence-electron chi connectivity index (χ0n) is 17.9. The second kappa shape index (κ2) is 9.82. The molecule has 0 spiro atoms. The first-order valence-corrected chi connectivity index (χ1v) is 10.7. The molecule has 1 N–H and O–H groups in total. The van der Waals surface area contributed by atoms with Crippen molar-refractivity contribution in [3.05, 3.63) is 54.1 Å². The Morgan fingerprint density at radius 2 is 1.94 bits per heavy atom. The number of esters is 1. The van der Waals surface area contributed by atoms with Crippen molar-refractivity contribution in [2.45, 2.75) is 38.3 Å². The molecule has 8 heteroatoms. The summed E-state index contributed by atoms with van der Waals surface area (Å²) in [4.78, 5) is 38.9. The van der Waals surface area contributed by atoms with Crippen LogP contribution in [-0.4, -0.2) is 49.8 Å².